The number of aromatic nitrogens is 2. The maximum Gasteiger partial charge on any atom is 0.263 e. The maximum atomic E-state index is 13.6. The molecule has 1 aliphatic rings. The molecule has 1 unspecified atom stereocenters. The summed E-state index contributed by atoms with van der Waals surface area (Å²) in [7, 11) is 0. The minimum atomic E-state index is -0.198. The monoisotopic (exact) mass is 476 g/mol. The smallest absolute Gasteiger partial charge is 0.263 e. The van der Waals surface area contributed by atoms with E-state index in [4.69, 9.17) is 4.74 Å². The molecule has 0 saturated carbocycles. The molecule has 1 atom stereocenters. The minimum Gasteiger partial charge on any atom is -0.494 e. The minimum absolute atomic E-state index is 0.198. The fourth-order valence-corrected chi connectivity index (χ4v) is 4.67. The zero-order valence-electron chi connectivity index (χ0n) is 20.1. The van der Waals surface area contributed by atoms with Crippen molar-refractivity contribution in [3.05, 3.63) is 101 Å². The summed E-state index contributed by atoms with van der Waals surface area (Å²) in [5.74, 6) is 1.45. The highest BCUT2D eigenvalue weighted by Gasteiger charge is 2.16. The number of benzene rings is 2. The topological polar surface area (TPSA) is 79.9 Å². The third-order valence-electron chi connectivity index (χ3n) is 6.62. The maximum absolute atomic E-state index is 13.6. The molecular formula is C30H28N4O2. The van der Waals surface area contributed by atoms with E-state index in [0.29, 0.717) is 29.2 Å². The number of nitrogens with zero attached hydrogens (tertiary/aromatic N) is 3. The van der Waals surface area contributed by atoms with E-state index in [0.717, 1.165) is 42.2 Å². The molecule has 0 radical (unpaired) electrons. The third kappa shape index (κ3) is 5.22. The normalized spacial score (nSPS) is 15.2. The third-order valence-corrected chi connectivity index (χ3v) is 6.62. The van der Waals surface area contributed by atoms with Crippen molar-refractivity contribution in [2.24, 2.45) is 5.92 Å². The van der Waals surface area contributed by atoms with E-state index in [1.165, 1.54) is 12.8 Å². The summed E-state index contributed by atoms with van der Waals surface area (Å²) in [5, 5.41) is 13.1. The molecule has 0 amide bonds. The average Bonchev–Trinajstić information content (AvgIpc) is 2.95. The number of pyridine rings is 2. The second kappa shape index (κ2) is 11.0. The lowest BCUT2D eigenvalue weighted by Crippen LogP contribution is -2.30. The van der Waals surface area contributed by atoms with Gasteiger partial charge in [-0.3, -0.25) is 14.3 Å². The summed E-state index contributed by atoms with van der Waals surface area (Å²) in [6.45, 7) is 2.86. The predicted molar refractivity (Wildman–Crippen MR) is 141 cm³/mol. The van der Waals surface area contributed by atoms with Gasteiger partial charge in [0.2, 0.25) is 0 Å². The number of ether oxygens (including phenoxy) is 1. The van der Waals surface area contributed by atoms with Gasteiger partial charge in [0.25, 0.3) is 5.56 Å². The average molecular weight is 477 g/mol. The van der Waals surface area contributed by atoms with Gasteiger partial charge in [-0.05, 0) is 86.8 Å². The molecule has 2 aromatic carbocycles. The van der Waals surface area contributed by atoms with Crippen LogP contribution in [0.3, 0.4) is 0 Å². The molecule has 2 aromatic heterocycles. The van der Waals surface area contributed by atoms with Crippen LogP contribution in [-0.2, 0) is 0 Å². The lowest BCUT2D eigenvalue weighted by Gasteiger charge is -2.22. The number of hydrogen-bond donors (Lipinski definition) is 1. The Balaban J connectivity index is 1.47. The molecule has 36 heavy (non-hydrogen) atoms. The standard InChI is InChI=1S/C30H28N4O2/c31-19-23-7-1-2-8-27(23)28-18-24(29-9-3-4-16-33-29)21-34(30(28)35)25-10-12-26(13-11-25)36-17-14-22-6-5-15-32-20-22/h1-4,7-13,16,18,21-22,32H,5-6,14-15,17,20H2. The molecule has 180 valence electrons. The largest absolute Gasteiger partial charge is 0.494 e. The van der Waals surface area contributed by atoms with Gasteiger partial charge in [0.05, 0.1) is 23.9 Å². The van der Waals surface area contributed by atoms with Crippen LogP contribution in [0.2, 0.25) is 0 Å². The Bertz CT molecular complexity index is 1420. The van der Waals surface area contributed by atoms with Crippen molar-refractivity contribution in [3.8, 4) is 39.9 Å². The van der Waals surface area contributed by atoms with E-state index >= 15 is 0 Å². The summed E-state index contributed by atoms with van der Waals surface area (Å²) in [5.41, 5.74) is 3.58. The fraction of sp³-hybridized carbons (Fsp3) is 0.233. The Hall–Kier alpha value is -4.21. The molecule has 1 aliphatic heterocycles. The van der Waals surface area contributed by atoms with Gasteiger partial charge >= 0.3 is 0 Å². The van der Waals surface area contributed by atoms with Gasteiger partial charge in [-0.1, -0.05) is 24.3 Å². The summed E-state index contributed by atoms with van der Waals surface area (Å²) in [4.78, 5) is 18.1. The van der Waals surface area contributed by atoms with E-state index in [-0.39, 0.29) is 5.56 Å². The molecule has 4 aromatic rings. The van der Waals surface area contributed by atoms with E-state index < -0.39 is 0 Å². The first kappa shape index (κ1) is 23.5. The molecular weight excluding hydrogens is 448 g/mol. The Morgan fingerprint density at radius 1 is 1.06 bits per heavy atom. The van der Waals surface area contributed by atoms with Gasteiger partial charge in [-0.25, -0.2) is 0 Å². The lowest BCUT2D eigenvalue weighted by molar-refractivity contribution is 0.254. The van der Waals surface area contributed by atoms with Crippen LogP contribution in [0, 0.1) is 17.2 Å². The molecule has 0 aliphatic carbocycles. The van der Waals surface area contributed by atoms with Crippen molar-refractivity contribution in [2.45, 2.75) is 19.3 Å². The summed E-state index contributed by atoms with van der Waals surface area (Å²) >= 11 is 0. The number of hydrogen-bond acceptors (Lipinski definition) is 5. The van der Waals surface area contributed by atoms with Crippen molar-refractivity contribution >= 4 is 0 Å². The van der Waals surface area contributed by atoms with Gasteiger partial charge in [0.15, 0.2) is 0 Å². The Labute approximate surface area is 210 Å². The van der Waals surface area contributed by atoms with Crippen LogP contribution >= 0.6 is 0 Å². The van der Waals surface area contributed by atoms with E-state index in [1.807, 2.05) is 54.6 Å². The molecule has 0 bridgehead atoms. The number of nitrogens with one attached hydrogen (secondary N) is 1. The Morgan fingerprint density at radius 3 is 2.64 bits per heavy atom. The molecule has 1 N–H and O–H groups in total. The highest BCUT2D eigenvalue weighted by molar-refractivity contribution is 5.74. The van der Waals surface area contributed by atoms with Gasteiger partial charge in [-0.15, -0.1) is 0 Å². The van der Waals surface area contributed by atoms with Gasteiger partial charge < -0.3 is 10.1 Å². The zero-order valence-corrected chi connectivity index (χ0v) is 20.1. The van der Waals surface area contributed by atoms with E-state index in [9.17, 15) is 10.1 Å². The molecule has 6 nitrogen and oxygen atoms in total. The number of rotatable bonds is 7. The fourth-order valence-electron chi connectivity index (χ4n) is 4.67. The van der Waals surface area contributed by atoms with E-state index in [2.05, 4.69) is 16.4 Å². The first-order chi connectivity index (χ1) is 17.7. The number of nitriles is 1. The molecule has 0 spiro atoms. The quantitative estimate of drug-likeness (QED) is 0.396. The first-order valence-corrected chi connectivity index (χ1v) is 12.3. The molecule has 3 heterocycles. The Morgan fingerprint density at radius 2 is 1.89 bits per heavy atom. The van der Waals surface area contributed by atoms with E-state index in [1.54, 1.807) is 35.2 Å². The van der Waals surface area contributed by atoms with Gasteiger partial charge in [0, 0.05) is 34.8 Å². The van der Waals surface area contributed by atoms with Crippen molar-refractivity contribution in [3.63, 3.8) is 0 Å². The summed E-state index contributed by atoms with van der Waals surface area (Å²) < 4.78 is 7.60. The molecule has 6 heteroatoms. The molecule has 1 fully saturated rings. The van der Waals surface area contributed by atoms with Crippen LogP contribution in [0.5, 0.6) is 5.75 Å². The first-order valence-electron chi connectivity index (χ1n) is 12.3. The second-order valence-electron chi connectivity index (χ2n) is 9.03. The van der Waals surface area contributed by atoms with Crippen LogP contribution < -0.4 is 15.6 Å². The highest BCUT2D eigenvalue weighted by atomic mass is 16.5. The molecule has 1 saturated heterocycles. The SMILES string of the molecule is N#Cc1ccccc1-c1cc(-c2ccccn2)cn(-c2ccc(OCCC3CCCNC3)cc2)c1=O. The van der Waals surface area contributed by atoms with Crippen LogP contribution in [0.15, 0.2) is 90.0 Å². The summed E-state index contributed by atoms with van der Waals surface area (Å²) in [6, 6.07) is 24.4. The predicted octanol–water partition coefficient (Wildman–Crippen LogP) is 5.21. The lowest BCUT2D eigenvalue weighted by atomic mass is 9.97. The Kier molecular flexibility index (Phi) is 7.20. The van der Waals surface area contributed by atoms with Crippen LogP contribution in [0.1, 0.15) is 24.8 Å². The second-order valence-corrected chi connectivity index (χ2v) is 9.03. The van der Waals surface area contributed by atoms with Crippen molar-refractivity contribution in [1.82, 2.24) is 14.9 Å². The number of piperidine rings is 1. The van der Waals surface area contributed by atoms with Crippen molar-refractivity contribution < 1.29 is 4.74 Å². The summed E-state index contributed by atoms with van der Waals surface area (Å²) in [6.07, 6.45) is 7.04. The highest BCUT2D eigenvalue weighted by Crippen LogP contribution is 2.26. The van der Waals surface area contributed by atoms with Crippen LogP contribution in [0.25, 0.3) is 28.1 Å². The van der Waals surface area contributed by atoms with Gasteiger partial charge in [-0.2, -0.15) is 5.26 Å². The van der Waals surface area contributed by atoms with Crippen LogP contribution in [-0.4, -0.2) is 29.2 Å². The van der Waals surface area contributed by atoms with Crippen molar-refractivity contribution in [1.29, 1.82) is 5.26 Å². The van der Waals surface area contributed by atoms with Crippen LogP contribution in [0.4, 0.5) is 0 Å². The van der Waals surface area contributed by atoms with Crippen molar-refractivity contribution in [2.75, 3.05) is 19.7 Å². The van der Waals surface area contributed by atoms with Gasteiger partial charge in [0.1, 0.15) is 5.75 Å². The zero-order chi connectivity index (χ0) is 24.7. The molecule has 5 rings (SSSR count).